The lowest BCUT2D eigenvalue weighted by Crippen LogP contribution is -2.36. The van der Waals surface area contributed by atoms with E-state index in [0.29, 0.717) is 30.0 Å². The number of amides is 1. The molecule has 2 fully saturated rings. The summed E-state index contributed by atoms with van der Waals surface area (Å²) in [7, 11) is 1.56. The highest BCUT2D eigenvalue weighted by Gasteiger charge is 2.48. The molecule has 1 amide bonds. The maximum Gasteiger partial charge on any atom is 0.295 e. The number of hydrogen-bond acceptors (Lipinski definition) is 5. The van der Waals surface area contributed by atoms with Crippen LogP contribution in [-0.2, 0) is 27.2 Å². The topological polar surface area (TPSA) is 76.1 Å². The van der Waals surface area contributed by atoms with Crippen molar-refractivity contribution in [1.82, 2.24) is 4.90 Å². The summed E-state index contributed by atoms with van der Waals surface area (Å²) < 4.78 is 11.3. The molecule has 3 aliphatic rings. The number of para-hydroxylation sites is 1. The summed E-state index contributed by atoms with van der Waals surface area (Å²) >= 11 is 0. The first-order chi connectivity index (χ1) is 16.1. The Hall–Kier alpha value is -3.12. The minimum atomic E-state index is -0.735. The maximum absolute atomic E-state index is 13.3. The van der Waals surface area contributed by atoms with Crippen LogP contribution in [-0.4, -0.2) is 48.1 Å². The number of aliphatic hydroxyl groups excluding tert-OH is 1. The van der Waals surface area contributed by atoms with Gasteiger partial charge in [0.1, 0.15) is 11.5 Å². The number of benzene rings is 2. The van der Waals surface area contributed by atoms with E-state index in [0.717, 1.165) is 32.1 Å². The lowest BCUT2D eigenvalue weighted by molar-refractivity contribution is -0.140. The zero-order chi connectivity index (χ0) is 22.9. The minimum absolute atomic E-state index is 0.109. The zero-order valence-corrected chi connectivity index (χ0v) is 18.9. The molecule has 2 saturated heterocycles. The summed E-state index contributed by atoms with van der Waals surface area (Å²) in [6.07, 6.45) is 5.92. The fourth-order valence-corrected chi connectivity index (χ4v) is 5.33. The van der Waals surface area contributed by atoms with Gasteiger partial charge >= 0.3 is 0 Å². The first-order valence-electron chi connectivity index (χ1n) is 11.7. The van der Waals surface area contributed by atoms with Crippen LogP contribution in [0.5, 0.6) is 5.75 Å². The van der Waals surface area contributed by atoms with Crippen molar-refractivity contribution in [3.8, 4) is 5.75 Å². The van der Waals surface area contributed by atoms with Crippen LogP contribution in [0.15, 0.2) is 48.0 Å². The fraction of sp³-hybridized carbons (Fsp3) is 0.407. The molecule has 6 nitrogen and oxygen atoms in total. The molecule has 0 radical (unpaired) electrons. The summed E-state index contributed by atoms with van der Waals surface area (Å²) in [6, 6.07) is 12.5. The lowest BCUT2D eigenvalue weighted by atomic mass is 9.88. The number of methoxy groups -OCH3 is 1. The molecule has 0 spiro atoms. The van der Waals surface area contributed by atoms with E-state index in [2.05, 4.69) is 0 Å². The Morgan fingerprint density at radius 1 is 1.09 bits per heavy atom. The van der Waals surface area contributed by atoms with Gasteiger partial charge in [-0.3, -0.25) is 9.59 Å². The lowest BCUT2D eigenvalue weighted by Gasteiger charge is -2.28. The quantitative estimate of drug-likeness (QED) is 0.423. The molecule has 2 heterocycles. The van der Waals surface area contributed by atoms with Crippen molar-refractivity contribution in [2.24, 2.45) is 0 Å². The van der Waals surface area contributed by atoms with Crippen molar-refractivity contribution >= 4 is 17.4 Å². The van der Waals surface area contributed by atoms with Gasteiger partial charge in [0.2, 0.25) is 0 Å². The molecule has 6 heteroatoms. The number of carbonyl (C=O) groups is 2. The van der Waals surface area contributed by atoms with E-state index >= 15 is 0 Å². The molecule has 1 N–H and O–H groups in total. The van der Waals surface area contributed by atoms with E-state index in [1.807, 2.05) is 36.4 Å². The average Bonchev–Trinajstić information content (AvgIpc) is 3.45. The molecule has 0 saturated carbocycles. The fourth-order valence-electron chi connectivity index (χ4n) is 5.33. The van der Waals surface area contributed by atoms with Gasteiger partial charge < -0.3 is 19.5 Å². The van der Waals surface area contributed by atoms with E-state index < -0.39 is 17.7 Å². The van der Waals surface area contributed by atoms with Gasteiger partial charge in [-0.25, -0.2) is 0 Å². The highest BCUT2D eigenvalue weighted by molar-refractivity contribution is 6.46. The molecule has 33 heavy (non-hydrogen) atoms. The Labute approximate surface area is 193 Å². The number of nitrogens with zero attached hydrogens (tertiary/aromatic N) is 1. The van der Waals surface area contributed by atoms with Crippen LogP contribution in [0.4, 0.5) is 0 Å². The SMILES string of the molecule is COc1ccccc1C1/C(=C(\O)c2ccc3c(c2)CCCC3)C(=O)C(=O)N1CC1CCCO1. The van der Waals surface area contributed by atoms with Crippen molar-refractivity contribution in [3.63, 3.8) is 0 Å². The van der Waals surface area contributed by atoms with Gasteiger partial charge in [0.25, 0.3) is 11.7 Å². The Morgan fingerprint density at radius 3 is 2.64 bits per heavy atom. The molecule has 172 valence electrons. The van der Waals surface area contributed by atoms with Crippen LogP contribution in [0.3, 0.4) is 0 Å². The monoisotopic (exact) mass is 447 g/mol. The number of carbonyl (C=O) groups excluding carboxylic acids is 2. The van der Waals surface area contributed by atoms with E-state index in [4.69, 9.17) is 9.47 Å². The highest BCUT2D eigenvalue weighted by Crippen LogP contribution is 2.43. The normalized spacial score (nSPS) is 24.2. The number of aryl methyl sites for hydroxylation is 2. The second-order valence-corrected chi connectivity index (χ2v) is 9.02. The maximum atomic E-state index is 13.3. The van der Waals surface area contributed by atoms with Crippen molar-refractivity contribution in [3.05, 3.63) is 70.3 Å². The molecule has 0 aromatic heterocycles. The van der Waals surface area contributed by atoms with Crippen LogP contribution in [0.2, 0.25) is 0 Å². The number of ether oxygens (including phenoxy) is 2. The molecule has 5 rings (SSSR count). The number of Topliss-reactive ketones (excluding diaryl/α,β-unsaturated/α-hetero) is 1. The Morgan fingerprint density at radius 2 is 1.88 bits per heavy atom. The largest absolute Gasteiger partial charge is 0.507 e. The summed E-state index contributed by atoms with van der Waals surface area (Å²) in [5.41, 5.74) is 3.85. The van der Waals surface area contributed by atoms with Gasteiger partial charge in [-0.05, 0) is 61.8 Å². The van der Waals surface area contributed by atoms with Crippen molar-refractivity contribution in [1.29, 1.82) is 0 Å². The van der Waals surface area contributed by atoms with E-state index in [1.165, 1.54) is 17.5 Å². The summed E-state index contributed by atoms with van der Waals surface area (Å²) in [5.74, 6) is -0.842. The molecular formula is C27H29NO5. The van der Waals surface area contributed by atoms with Crippen molar-refractivity contribution in [2.45, 2.75) is 50.7 Å². The second-order valence-electron chi connectivity index (χ2n) is 9.02. The molecule has 2 unspecified atom stereocenters. The Kier molecular flexibility index (Phi) is 5.94. The molecule has 2 aliphatic heterocycles. The summed E-state index contributed by atoms with van der Waals surface area (Å²) in [4.78, 5) is 28.0. The summed E-state index contributed by atoms with van der Waals surface area (Å²) in [5, 5.41) is 11.4. The Balaban J connectivity index is 1.63. The van der Waals surface area contributed by atoms with Crippen molar-refractivity contribution in [2.75, 3.05) is 20.3 Å². The van der Waals surface area contributed by atoms with Gasteiger partial charge in [-0.2, -0.15) is 0 Å². The van der Waals surface area contributed by atoms with Gasteiger partial charge in [-0.1, -0.05) is 30.3 Å². The average molecular weight is 448 g/mol. The van der Waals surface area contributed by atoms with Crippen LogP contribution >= 0.6 is 0 Å². The number of ketones is 1. The molecule has 0 bridgehead atoms. The first kappa shape index (κ1) is 21.7. The standard InChI is InChI=1S/C27H29NO5/c1-32-22-11-5-4-10-21(22)24-23(26(30)27(31)28(24)16-20-9-6-14-33-20)25(29)19-13-12-17-7-2-3-8-18(17)15-19/h4-5,10-13,15,20,24,29H,2-3,6-9,14,16H2,1H3/b25-23+. The number of aliphatic hydroxyl groups is 1. The molecular weight excluding hydrogens is 418 g/mol. The van der Waals surface area contributed by atoms with Crippen molar-refractivity contribution < 1.29 is 24.2 Å². The predicted molar refractivity (Wildman–Crippen MR) is 124 cm³/mol. The third-order valence-electron chi connectivity index (χ3n) is 7.02. The predicted octanol–water partition coefficient (Wildman–Crippen LogP) is 4.17. The number of rotatable bonds is 5. The number of likely N-dealkylation sites (tertiary alicyclic amines) is 1. The van der Waals surface area contributed by atoms with E-state index in [9.17, 15) is 14.7 Å². The third-order valence-corrected chi connectivity index (χ3v) is 7.02. The van der Waals surface area contributed by atoms with Gasteiger partial charge in [0.15, 0.2) is 0 Å². The van der Waals surface area contributed by atoms with Gasteiger partial charge in [-0.15, -0.1) is 0 Å². The molecule has 2 aromatic rings. The van der Waals surface area contributed by atoms with Crippen LogP contribution in [0.1, 0.15) is 54.0 Å². The molecule has 2 aromatic carbocycles. The van der Waals surface area contributed by atoms with E-state index in [1.54, 1.807) is 18.1 Å². The third kappa shape index (κ3) is 3.93. The van der Waals surface area contributed by atoms with Gasteiger partial charge in [0, 0.05) is 24.3 Å². The van der Waals surface area contributed by atoms with Crippen LogP contribution < -0.4 is 4.74 Å². The minimum Gasteiger partial charge on any atom is -0.507 e. The molecule has 1 aliphatic carbocycles. The van der Waals surface area contributed by atoms with Crippen LogP contribution in [0.25, 0.3) is 5.76 Å². The first-order valence-corrected chi connectivity index (χ1v) is 11.7. The number of hydrogen-bond donors (Lipinski definition) is 1. The van der Waals surface area contributed by atoms with Crippen LogP contribution in [0, 0.1) is 0 Å². The van der Waals surface area contributed by atoms with E-state index in [-0.39, 0.29) is 17.4 Å². The zero-order valence-electron chi connectivity index (χ0n) is 18.9. The highest BCUT2D eigenvalue weighted by atomic mass is 16.5. The second kappa shape index (κ2) is 9.02. The number of fused-ring (bicyclic) bond motifs is 1. The smallest absolute Gasteiger partial charge is 0.295 e. The van der Waals surface area contributed by atoms with Gasteiger partial charge in [0.05, 0.1) is 24.8 Å². The Bertz CT molecular complexity index is 1120. The summed E-state index contributed by atoms with van der Waals surface area (Å²) in [6.45, 7) is 0.956. The molecule has 2 atom stereocenters.